The van der Waals surface area contributed by atoms with Crippen LogP contribution in [0.15, 0.2) is 36.7 Å². The second-order valence-electron chi connectivity index (χ2n) is 4.15. The Labute approximate surface area is 105 Å². The van der Waals surface area contributed by atoms with E-state index in [1.165, 1.54) is 6.20 Å². The molecule has 0 saturated heterocycles. The van der Waals surface area contributed by atoms with Crippen LogP contribution in [0.25, 0.3) is 0 Å². The predicted octanol–water partition coefficient (Wildman–Crippen LogP) is 1.73. The zero-order valence-electron chi connectivity index (χ0n) is 10.3. The molecule has 1 heterocycles. The third-order valence-corrected chi connectivity index (χ3v) is 2.62. The SMILES string of the molecule is CC(O)c1ccc(NC(=O)c2cnn(C)c2)cc1. The van der Waals surface area contributed by atoms with Gasteiger partial charge >= 0.3 is 0 Å². The van der Waals surface area contributed by atoms with Crippen molar-refractivity contribution in [2.24, 2.45) is 7.05 Å². The Kier molecular flexibility index (Phi) is 3.43. The zero-order valence-corrected chi connectivity index (χ0v) is 10.3. The molecule has 2 N–H and O–H groups in total. The molecule has 1 unspecified atom stereocenters. The van der Waals surface area contributed by atoms with Crippen LogP contribution < -0.4 is 5.32 Å². The number of aryl methyl sites for hydroxylation is 1. The molecule has 18 heavy (non-hydrogen) atoms. The van der Waals surface area contributed by atoms with Gasteiger partial charge in [-0.15, -0.1) is 0 Å². The second-order valence-corrected chi connectivity index (χ2v) is 4.15. The first-order chi connectivity index (χ1) is 8.56. The summed E-state index contributed by atoms with van der Waals surface area (Å²) in [5.41, 5.74) is 2.01. The molecule has 5 heteroatoms. The minimum absolute atomic E-state index is 0.201. The summed E-state index contributed by atoms with van der Waals surface area (Å²) in [7, 11) is 1.76. The van der Waals surface area contributed by atoms with Crippen LogP contribution in [0.4, 0.5) is 5.69 Å². The summed E-state index contributed by atoms with van der Waals surface area (Å²) < 4.78 is 1.57. The fourth-order valence-electron chi connectivity index (χ4n) is 1.59. The number of amides is 1. The molecule has 0 bridgehead atoms. The number of aromatic nitrogens is 2. The van der Waals surface area contributed by atoms with Crippen molar-refractivity contribution >= 4 is 11.6 Å². The van der Waals surface area contributed by atoms with Gasteiger partial charge in [-0.25, -0.2) is 0 Å². The van der Waals surface area contributed by atoms with Crippen LogP contribution in [0.5, 0.6) is 0 Å². The Morgan fingerprint density at radius 2 is 2.06 bits per heavy atom. The second kappa shape index (κ2) is 5.01. The minimum atomic E-state index is -0.506. The molecule has 0 fully saturated rings. The molecule has 0 aliphatic carbocycles. The Morgan fingerprint density at radius 1 is 1.39 bits per heavy atom. The standard InChI is InChI=1S/C13H15N3O2/c1-9(17)10-3-5-12(6-4-10)15-13(18)11-7-14-16(2)8-11/h3-9,17H,1-2H3,(H,15,18). The Morgan fingerprint density at radius 3 is 2.56 bits per heavy atom. The van der Waals surface area contributed by atoms with Crippen molar-refractivity contribution < 1.29 is 9.90 Å². The molecule has 1 atom stereocenters. The number of hydrogen-bond donors (Lipinski definition) is 2. The zero-order chi connectivity index (χ0) is 13.1. The third kappa shape index (κ3) is 2.75. The molecule has 0 aliphatic rings. The quantitative estimate of drug-likeness (QED) is 0.865. The molecule has 5 nitrogen and oxygen atoms in total. The number of aliphatic hydroxyl groups excluding tert-OH is 1. The van der Waals surface area contributed by atoms with Crippen molar-refractivity contribution in [1.82, 2.24) is 9.78 Å². The molecule has 2 aromatic rings. The monoisotopic (exact) mass is 245 g/mol. The van der Waals surface area contributed by atoms with E-state index >= 15 is 0 Å². The number of aliphatic hydroxyl groups is 1. The summed E-state index contributed by atoms with van der Waals surface area (Å²) in [5.74, 6) is -0.201. The van der Waals surface area contributed by atoms with E-state index in [0.717, 1.165) is 5.56 Å². The average Bonchev–Trinajstić information content (AvgIpc) is 2.76. The van der Waals surface area contributed by atoms with Crippen molar-refractivity contribution in [3.8, 4) is 0 Å². The Hall–Kier alpha value is -2.14. The first-order valence-electron chi connectivity index (χ1n) is 5.64. The summed E-state index contributed by atoms with van der Waals surface area (Å²) in [6.45, 7) is 1.70. The van der Waals surface area contributed by atoms with E-state index in [9.17, 15) is 9.90 Å². The van der Waals surface area contributed by atoms with Gasteiger partial charge in [-0.3, -0.25) is 9.48 Å². The smallest absolute Gasteiger partial charge is 0.258 e. The molecular weight excluding hydrogens is 230 g/mol. The van der Waals surface area contributed by atoms with Crippen molar-refractivity contribution in [1.29, 1.82) is 0 Å². The number of nitrogens with zero attached hydrogens (tertiary/aromatic N) is 2. The average molecular weight is 245 g/mol. The van der Waals surface area contributed by atoms with Gasteiger partial charge < -0.3 is 10.4 Å². The van der Waals surface area contributed by atoms with E-state index in [-0.39, 0.29) is 5.91 Å². The van der Waals surface area contributed by atoms with Crippen LogP contribution in [-0.2, 0) is 7.05 Å². The molecule has 0 saturated carbocycles. The van der Waals surface area contributed by atoms with Crippen molar-refractivity contribution in [3.05, 3.63) is 47.8 Å². The Balaban J connectivity index is 2.07. The molecule has 0 aliphatic heterocycles. The van der Waals surface area contributed by atoms with Crippen LogP contribution in [0.3, 0.4) is 0 Å². The maximum Gasteiger partial charge on any atom is 0.258 e. The number of nitrogens with one attached hydrogen (secondary N) is 1. The summed E-state index contributed by atoms with van der Waals surface area (Å²) in [4.78, 5) is 11.8. The van der Waals surface area contributed by atoms with E-state index in [4.69, 9.17) is 0 Å². The van der Waals surface area contributed by atoms with E-state index < -0.39 is 6.10 Å². The van der Waals surface area contributed by atoms with Gasteiger partial charge in [0.1, 0.15) is 0 Å². The molecule has 94 valence electrons. The van der Waals surface area contributed by atoms with E-state index in [1.807, 2.05) is 0 Å². The van der Waals surface area contributed by atoms with Gasteiger partial charge in [0.15, 0.2) is 0 Å². The van der Waals surface area contributed by atoms with Gasteiger partial charge in [0.2, 0.25) is 0 Å². The number of anilines is 1. The van der Waals surface area contributed by atoms with Gasteiger partial charge in [-0.2, -0.15) is 5.10 Å². The maximum absolute atomic E-state index is 11.8. The highest BCUT2D eigenvalue weighted by Crippen LogP contribution is 2.16. The summed E-state index contributed by atoms with van der Waals surface area (Å²) in [5, 5.41) is 16.1. The largest absolute Gasteiger partial charge is 0.389 e. The molecule has 1 amide bonds. The Bertz CT molecular complexity index is 544. The third-order valence-electron chi connectivity index (χ3n) is 2.62. The highest BCUT2D eigenvalue weighted by atomic mass is 16.3. The normalized spacial score (nSPS) is 12.2. The molecule has 1 aromatic carbocycles. The van der Waals surface area contributed by atoms with Gasteiger partial charge in [-0.05, 0) is 24.6 Å². The van der Waals surface area contributed by atoms with Crippen LogP contribution in [0.1, 0.15) is 28.9 Å². The predicted molar refractivity (Wildman–Crippen MR) is 68.2 cm³/mol. The highest BCUT2D eigenvalue weighted by molar-refractivity contribution is 6.03. The van der Waals surface area contributed by atoms with E-state index in [0.29, 0.717) is 11.3 Å². The first-order valence-corrected chi connectivity index (χ1v) is 5.64. The summed E-state index contributed by atoms with van der Waals surface area (Å²) >= 11 is 0. The first kappa shape index (κ1) is 12.3. The molecule has 1 aromatic heterocycles. The molecule has 0 radical (unpaired) electrons. The van der Waals surface area contributed by atoms with Gasteiger partial charge in [0.25, 0.3) is 5.91 Å². The number of benzene rings is 1. The maximum atomic E-state index is 11.8. The summed E-state index contributed by atoms with van der Waals surface area (Å²) in [6, 6.07) is 7.08. The minimum Gasteiger partial charge on any atom is -0.389 e. The fourth-order valence-corrected chi connectivity index (χ4v) is 1.59. The molecule has 2 rings (SSSR count). The van der Waals surface area contributed by atoms with Gasteiger partial charge in [-0.1, -0.05) is 12.1 Å². The molecular formula is C13H15N3O2. The lowest BCUT2D eigenvalue weighted by Gasteiger charge is -2.07. The number of carbonyl (C=O) groups is 1. The van der Waals surface area contributed by atoms with Gasteiger partial charge in [0.05, 0.1) is 17.9 Å². The summed E-state index contributed by atoms with van der Waals surface area (Å²) in [6.07, 6.45) is 2.66. The van der Waals surface area contributed by atoms with Crippen LogP contribution >= 0.6 is 0 Å². The number of hydrogen-bond acceptors (Lipinski definition) is 3. The van der Waals surface area contributed by atoms with Gasteiger partial charge in [0, 0.05) is 18.9 Å². The van der Waals surface area contributed by atoms with Crippen LogP contribution in [0.2, 0.25) is 0 Å². The highest BCUT2D eigenvalue weighted by Gasteiger charge is 2.08. The molecule has 0 spiro atoms. The van der Waals surface area contributed by atoms with E-state index in [1.54, 1.807) is 49.1 Å². The fraction of sp³-hybridized carbons (Fsp3) is 0.231. The van der Waals surface area contributed by atoms with Crippen molar-refractivity contribution in [2.75, 3.05) is 5.32 Å². The van der Waals surface area contributed by atoms with Crippen LogP contribution in [-0.4, -0.2) is 20.8 Å². The lowest BCUT2D eigenvalue weighted by molar-refractivity contribution is 0.102. The van der Waals surface area contributed by atoms with Crippen LogP contribution in [0, 0.1) is 0 Å². The topological polar surface area (TPSA) is 67.2 Å². The van der Waals surface area contributed by atoms with Crippen molar-refractivity contribution in [3.63, 3.8) is 0 Å². The lowest BCUT2D eigenvalue weighted by atomic mass is 10.1. The number of carbonyl (C=O) groups excluding carboxylic acids is 1. The number of rotatable bonds is 3. The van der Waals surface area contributed by atoms with Crippen molar-refractivity contribution in [2.45, 2.75) is 13.0 Å². The lowest BCUT2D eigenvalue weighted by Crippen LogP contribution is -2.11. The van der Waals surface area contributed by atoms with E-state index in [2.05, 4.69) is 10.4 Å².